The molecule has 0 aromatic heterocycles. The number of Topliss-reactive ketones (excluding diaryl/α,β-unsaturated/α-hetero) is 1. The molecular formula is C11H18O3. The van der Waals surface area contributed by atoms with Gasteiger partial charge in [0.1, 0.15) is 5.78 Å². The van der Waals surface area contributed by atoms with Gasteiger partial charge in [0.05, 0.1) is 6.61 Å². The summed E-state index contributed by atoms with van der Waals surface area (Å²) in [7, 11) is 0. The third-order valence-electron chi connectivity index (χ3n) is 2.84. The second-order valence-electron chi connectivity index (χ2n) is 3.92. The van der Waals surface area contributed by atoms with Crippen molar-refractivity contribution in [1.29, 1.82) is 0 Å². The molecule has 0 amide bonds. The number of rotatable bonds is 4. The highest BCUT2D eigenvalue weighted by Crippen LogP contribution is 2.29. The van der Waals surface area contributed by atoms with Gasteiger partial charge in [-0.25, -0.2) is 0 Å². The highest BCUT2D eigenvalue weighted by atomic mass is 16.5. The van der Waals surface area contributed by atoms with Gasteiger partial charge in [0.15, 0.2) is 0 Å². The van der Waals surface area contributed by atoms with E-state index < -0.39 is 0 Å². The van der Waals surface area contributed by atoms with Gasteiger partial charge in [0, 0.05) is 18.3 Å². The summed E-state index contributed by atoms with van der Waals surface area (Å²) < 4.78 is 4.81. The lowest BCUT2D eigenvalue weighted by molar-refractivity contribution is -0.143. The number of carbonyl (C=O) groups is 2. The molecule has 0 N–H and O–H groups in total. The van der Waals surface area contributed by atoms with Crippen LogP contribution >= 0.6 is 0 Å². The Hall–Kier alpha value is -0.860. The molecule has 0 heterocycles. The largest absolute Gasteiger partial charge is 0.466 e. The molecule has 3 heteroatoms. The van der Waals surface area contributed by atoms with Crippen LogP contribution in [0.25, 0.3) is 0 Å². The fraction of sp³-hybridized carbons (Fsp3) is 0.818. The van der Waals surface area contributed by atoms with E-state index in [4.69, 9.17) is 4.74 Å². The molecule has 0 aromatic rings. The van der Waals surface area contributed by atoms with E-state index in [0.717, 1.165) is 12.8 Å². The molecule has 80 valence electrons. The average Bonchev–Trinajstić information content (AvgIpc) is 2.46. The molecule has 0 saturated heterocycles. The normalized spacial score (nSPS) is 26.6. The minimum Gasteiger partial charge on any atom is -0.466 e. The molecule has 14 heavy (non-hydrogen) atoms. The number of hydrogen-bond donors (Lipinski definition) is 0. The summed E-state index contributed by atoms with van der Waals surface area (Å²) in [6, 6.07) is 0. The van der Waals surface area contributed by atoms with E-state index in [1.165, 1.54) is 0 Å². The Morgan fingerprint density at radius 2 is 2.21 bits per heavy atom. The SMILES string of the molecule is CCOC(=O)CCC1CCC(C)C1=O. The quantitative estimate of drug-likeness (QED) is 0.648. The molecule has 0 aliphatic heterocycles. The number of hydrogen-bond acceptors (Lipinski definition) is 3. The van der Waals surface area contributed by atoms with Crippen molar-refractivity contribution in [3.05, 3.63) is 0 Å². The molecule has 0 bridgehead atoms. The van der Waals surface area contributed by atoms with E-state index in [-0.39, 0.29) is 17.8 Å². The first-order valence-electron chi connectivity index (χ1n) is 5.34. The van der Waals surface area contributed by atoms with Crippen molar-refractivity contribution in [3.8, 4) is 0 Å². The van der Waals surface area contributed by atoms with Crippen LogP contribution in [0.5, 0.6) is 0 Å². The van der Waals surface area contributed by atoms with Gasteiger partial charge in [-0.3, -0.25) is 9.59 Å². The lowest BCUT2D eigenvalue weighted by Crippen LogP contribution is -2.14. The average molecular weight is 198 g/mol. The predicted octanol–water partition coefficient (Wildman–Crippen LogP) is 1.94. The summed E-state index contributed by atoms with van der Waals surface area (Å²) >= 11 is 0. The minimum atomic E-state index is -0.181. The summed E-state index contributed by atoms with van der Waals surface area (Å²) in [6.45, 7) is 4.18. The molecule has 1 rings (SSSR count). The van der Waals surface area contributed by atoms with Crippen LogP contribution in [0.2, 0.25) is 0 Å². The topological polar surface area (TPSA) is 43.4 Å². The first-order valence-corrected chi connectivity index (χ1v) is 5.34. The summed E-state index contributed by atoms with van der Waals surface area (Å²) in [5, 5.41) is 0. The van der Waals surface area contributed by atoms with Crippen LogP contribution in [0.4, 0.5) is 0 Å². The number of ether oxygens (including phenoxy) is 1. The van der Waals surface area contributed by atoms with Crippen LogP contribution in [0.3, 0.4) is 0 Å². The predicted molar refractivity (Wildman–Crippen MR) is 52.8 cm³/mol. The van der Waals surface area contributed by atoms with Crippen molar-refractivity contribution in [2.45, 2.75) is 39.5 Å². The molecule has 2 atom stereocenters. The van der Waals surface area contributed by atoms with E-state index in [2.05, 4.69) is 0 Å². The zero-order valence-corrected chi connectivity index (χ0v) is 8.91. The Bertz CT molecular complexity index is 223. The lowest BCUT2D eigenvalue weighted by atomic mass is 9.99. The van der Waals surface area contributed by atoms with Gasteiger partial charge in [-0.1, -0.05) is 6.92 Å². The van der Waals surface area contributed by atoms with Crippen LogP contribution in [-0.4, -0.2) is 18.4 Å². The van der Waals surface area contributed by atoms with Gasteiger partial charge in [0.25, 0.3) is 0 Å². The number of esters is 1. The first kappa shape index (κ1) is 11.2. The van der Waals surface area contributed by atoms with E-state index >= 15 is 0 Å². The fourth-order valence-electron chi connectivity index (χ4n) is 1.95. The van der Waals surface area contributed by atoms with Crippen LogP contribution in [-0.2, 0) is 14.3 Å². The maximum atomic E-state index is 11.5. The summed E-state index contributed by atoms with van der Waals surface area (Å²) in [5.41, 5.74) is 0. The molecule has 2 unspecified atom stereocenters. The van der Waals surface area contributed by atoms with Gasteiger partial charge < -0.3 is 4.74 Å². The molecule has 0 spiro atoms. The Balaban J connectivity index is 2.25. The summed E-state index contributed by atoms with van der Waals surface area (Å²) in [4.78, 5) is 22.6. The van der Waals surface area contributed by atoms with Crippen LogP contribution in [0, 0.1) is 11.8 Å². The number of ketones is 1. The molecular weight excluding hydrogens is 180 g/mol. The maximum absolute atomic E-state index is 11.5. The third-order valence-corrected chi connectivity index (χ3v) is 2.84. The Morgan fingerprint density at radius 3 is 2.71 bits per heavy atom. The van der Waals surface area contributed by atoms with Crippen molar-refractivity contribution >= 4 is 11.8 Å². The molecule has 1 saturated carbocycles. The van der Waals surface area contributed by atoms with Crippen molar-refractivity contribution < 1.29 is 14.3 Å². The highest BCUT2D eigenvalue weighted by Gasteiger charge is 2.30. The van der Waals surface area contributed by atoms with Gasteiger partial charge in [0.2, 0.25) is 0 Å². The van der Waals surface area contributed by atoms with Crippen LogP contribution in [0.1, 0.15) is 39.5 Å². The van der Waals surface area contributed by atoms with E-state index in [1.807, 2.05) is 6.92 Å². The summed E-state index contributed by atoms with van der Waals surface area (Å²) in [6.07, 6.45) is 2.98. The first-order chi connectivity index (χ1) is 6.65. The maximum Gasteiger partial charge on any atom is 0.305 e. The van der Waals surface area contributed by atoms with Gasteiger partial charge in [-0.15, -0.1) is 0 Å². The monoisotopic (exact) mass is 198 g/mol. The zero-order valence-electron chi connectivity index (χ0n) is 8.91. The van der Waals surface area contributed by atoms with E-state index in [9.17, 15) is 9.59 Å². The number of carbonyl (C=O) groups excluding carboxylic acids is 2. The lowest BCUT2D eigenvalue weighted by Gasteiger charge is -2.07. The van der Waals surface area contributed by atoms with E-state index in [0.29, 0.717) is 25.2 Å². The molecule has 0 aromatic carbocycles. The summed E-state index contributed by atoms with van der Waals surface area (Å²) in [5.74, 6) is 0.450. The van der Waals surface area contributed by atoms with Crippen molar-refractivity contribution in [1.82, 2.24) is 0 Å². The Kier molecular flexibility index (Phi) is 4.11. The van der Waals surface area contributed by atoms with Gasteiger partial charge in [-0.05, 0) is 26.2 Å². The van der Waals surface area contributed by atoms with E-state index in [1.54, 1.807) is 6.92 Å². The molecule has 1 aliphatic carbocycles. The van der Waals surface area contributed by atoms with Crippen molar-refractivity contribution in [3.63, 3.8) is 0 Å². The van der Waals surface area contributed by atoms with Crippen LogP contribution < -0.4 is 0 Å². The van der Waals surface area contributed by atoms with Gasteiger partial charge >= 0.3 is 5.97 Å². The fourth-order valence-corrected chi connectivity index (χ4v) is 1.95. The smallest absolute Gasteiger partial charge is 0.305 e. The molecule has 0 radical (unpaired) electrons. The van der Waals surface area contributed by atoms with Crippen molar-refractivity contribution in [2.24, 2.45) is 11.8 Å². The minimum absolute atomic E-state index is 0.106. The molecule has 1 aliphatic rings. The van der Waals surface area contributed by atoms with Crippen LogP contribution in [0.15, 0.2) is 0 Å². The standard InChI is InChI=1S/C11H18O3/c1-3-14-10(12)7-6-9-5-4-8(2)11(9)13/h8-9H,3-7H2,1-2H3. The highest BCUT2D eigenvalue weighted by molar-refractivity contribution is 5.85. The van der Waals surface area contributed by atoms with Crippen molar-refractivity contribution in [2.75, 3.05) is 6.61 Å². The Morgan fingerprint density at radius 1 is 1.50 bits per heavy atom. The molecule has 3 nitrogen and oxygen atoms in total. The second kappa shape index (κ2) is 5.13. The zero-order chi connectivity index (χ0) is 10.6. The second-order valence-corrected chi connectivity index (χ2v) is 3.92. The third kappa shape index (κ3) is 2.82. The Labute approximate surface area is 84.8 Å². The van der Waals surface area contributed by atoms with Gasteiger partial charge in [-0.2, -0.15) is 0 Å². The molecule has 1 fully saturated rings.